The Morgan fingerprint density at radius 2 is 1.79 bits per heavy atom. The van der Waals surface area contributed by atoms with E-state index in [0.717, 1.165) is 66.2 Å². The number of amides is 1. The number of carbonyl (C=O) groups is 1. The summed E-state index contributed by atoms with van der Waals surface area (Å²) in [6, 6.07) is 8.79. The lowest BCUT2D eigenvalue weighted by Gasteiger charge is -2.36. The van der Waals surface area contributed by atoms with Crippen LogP contribution in [0, 0.1) is 0 Å². The molecule has 4 aromatic rings. The van der Waals surface area contributed by atoms with Crippen LogP contribution in [0.2, 0.25) is 0 Å². The van der Waals surface area contributed by atoms with Crippen molar-refractivity contribution in [1.82, 2.24) is 19.9 Å². The first kappa shape index (κ1) is 28.6. The summed E-state index contributed by atoms with van der Waals surface area (Å²) >= 11 is 1.73. The summed E-state index contributed by atoms with van der Waals surface area (Å²) in [5.74, 6) is 0.907. The number of pyridine rings is 1. The molecule has 3 aromatic heterocycles. The van der Waals surface area contributed by atoms with Crippen molar-refractivity contribution in [3.63, 3.8) is 0 Å². The lowest BCUT2D eigenvalue weighted by atomic mass is 10.0. The second-order valence-corrected chi connectivity index (χ2v) is 13.5. The van der Waals surface area contributed by atoms with Crippen LogP contribution >= 0.6 is 11.3 Å². The van der Waals surface area contributed by atoms with Crippen LogP contribution in [0.1, 0.15) is 69.3 Å². The van der Waals surface area contributed by atoms with Gasteiger partial charge in [-0.2, -0.15) is 0 Å². The van der Waals surface area contributed by atoms with Gasteiger partial charge in [-0.15, -0.1) is 11.3 Å². The Kier molecular flexibility index (Phi) is 8.21. The SMILES string of the molecule is CCCCc1nc2sc3c(NCCc4ccc(N5CCN(C(=O)OC(C)(C)C)CC5)cc4)ncnc3c2c2c1CCC2. The number of ether oxygens (including phenoxy) is 1. The van der Waals surface area contributed by atoms with Gasteiger partial charge in [-0.25, -0.2) is 19.7 Å². The van der Waals surface area contributed by atoms with Crippen LogP contribution in [0.3, 0.4) is 0 Å². The van der Waals surface area contributed by atoms with Crippen LogP contribution in [0.4, 0.5) is 16.3 Å². The Hall–Kier alpha value is -3.46. The smallest absolute Gasteiger partial charge is 0.410 e. The van der Waals surface area contributed by atoms with Crippen molar-refractivity contribution in [2.75, 3.05) is 42.9 Å². The fourth-order valence-corrected chi connectivity index (χ4v) is 7.27. The van der Waals surface area contributed by atoms with Crippen molar-refractivity contribution >= 4 is 49.4 Å². The predicted octanol–water partition coefficient (Wildman–Crippen LogP) is 6.78. The molecular formula is C33H42N6O2S. The summed E-state index contributed by atoms with van der Waals surface area (Å²) < 4.78 is 6.64. The molecule has 0 spiro atoms. The summed E-state index contributed by atoms with van der Waals surface area (Å²) in [5, 5.41) is 4.85. The van der Waals surface area contributed by atoms with E-state index in [1.54, 1.807) is 22.6 Å². The highest BCUT2D eigenvalue weighted by Gasteiger charge is 2.26. The van der Waals surface area contributed by atoms with Crippen molar-refractivity contribution in [3.8, 4) is 0 Å². The summed E-state index contributed by atoms with van der Waals surface area (Å²) in [5.41, 5.74) is 7.32. The zero-order valence-electron chi connectivity index (χ0n) is 25.3. The summed E-state index contributed by atoms with van der Waals surface area (Å²) in [6.45, 7) is 11.7. The molecule has 2 aliphatic rings. The van der Waals surface area contributed by atoms with Gasteiger partial charge in [0.15, 0.2) is 0 Å². The van der Waals surface area contributed by atoms with E-state index in [9.17, 15) is 4.79 Å². The average Bonchev–Trinajstić information content (AvgIpc) is 3.61. The number of carbonyl (C=O) groups excluding carboxylic acids is 1. The molecule has 1 aromatic carbocycles. The largest absolute Gasteiger partial charge is 0.444 e. The fourth-order valence-electron chi connectivity index (χ4n) is 6.13. The van der Waals surface area contributed by atoms with Gasteiger partial charge in [0.1, 0.15) is 22.6 Å². The molecule has 1 amide bonds. The normalized spacial score (nSPS) is 15.4. The second kappa shape index (κ2) is 12.0. The third-order valence-corrected chi connectivity index (χ3v) is 9.34. The van der Waals surface area contributed by atoms with Crippen LogP contribution < -0.4 is 10.2 Å². The number of benzene rings is 1. The first-order valence-electron chi connectivity index (χ1n) is 15.4. The number of hydrogen-bond donors (Lipinski definition) is 1. The molecular weight excluding hydrogens is 544 g/mol. The molecule has 0 saturated carbocycles. The molecule has 0 radical (unpaired) electrons. The number of aryl methyl sites for hydroxylation is 2. The van der Waals surface area contributed by atoms with E-state index >= 15 is 0 Å². The van der Waals surface area contributed by atoms with Gasteiger partial charge in [-0.05, 0) is 88.1 Å². The van der Waals surface area contributed by atoms with Crippen LogP contribution in [0.5, 0.6) is 0 Å². The lowest BCUT2D eigenvalue weighted by Crippen LogP contribution is -2.50. The van der Waals surface area contributed by atoms with E-state index in [1.165, 1.54) is 52.7 Å². The van der Waals surface area contributed by atoms with E-state index in [0.29, 0.717) is 13.1 Å². The van der Waals surface area contributed by atoms with Crippen LogP contribution in [-0.4, -0.2) is 64.3 Å². The Balaban J connectivity index is 1.09. The van der Waals surface area contributed by atoms with Crippen molar-refractivity contribution < 1.29 is 9.53 Å². The number of aromatic nitrogens is 3. The van der Waals surface area contributed by atoms with Crippen molar-refractivity contribution in [2.24, 2.45) is 0 Å². The van der Waals surface area contributed by atoms with E-state index in [1.807, 2.05) is 20.8 Å². The van der Waals surface area contributed by atoms with E-state index in [-0.39, 0.29) is 6.09 Å². The third-order valence-electron chi connectivity index (χ3n) is 8.26. The Bertz CT molecular complexity index is 1570. The molecule has 9 heteroatoms. The number of piperazine rings is 1. The summed E-state index contributed by atoms with van der Waals surface area (Å²) in [6.07, 6.45) is 9.30. The second-order valence-electron chi connectivity index (χ2n) is 12.5. The van der Waals surface area contributed by atoms with E-state index < -0.39 is 5.60 Å². The third kappa shape index (κ3) is 6.02. The topological polar surface area (TPSA) is 83.5 Å². The molecule has 4 heterocycles. The predicted molar refractivity (Wildman–Crippen MR) is 172 cm³/mol. The van der Waals surface area contributed by atoms with Crippen molar-refractivity contribution in [3.05, 3.63) is 53.0 Å². The van der Waals surface area contributed by atoms with Gasteiger partial charge in [0, 0.05) is 49.5 Å². The minimum absolute atomic E-state index is 0.224. The van der Waals surface area contributed by atoms with Crippen LogP contribution in [-0.2, 0) is 30.4 Å². The average molecular weight is 587 g/mol. The maximum atomic E-state index is 12.4. The van der Waals surface area contributed by atoms with Gasteiger partial charge in [0.25, 0.3) is 0 Å². The van der Waals surface area contributed by atoms with Crippen LogP contribution in [0.25, 0.3) is 20.4 Å². The molecule has 8 nitrogen and oxygen atoms in total. The molecule has 0 bridgehead atoms. The fraction of sp³-hybridized carbons (Fsp3) is 0.515. The zero-order valence-corrected chi connectivity index (χ0v) is 26.1. The van der Waals surface area contributed by atoms with Crippen molar-refractivity contribution in [1.29, 1.82) is 0 Å². The molecule has 1 fully saturated rings. The Morgan fingerprint density at radius 3 is 2.52 bits per heavy atom. The minimum atomic E-state index is -0.467. The minimum Gasteiger partial charge on any atom is -0.444 e. The molecule has 42 heavy (non-hydrogen) atoms. The molecule has 6 rings (SSSR count). The Morgan fingerprint density at radius 1 is 1.02 bits per heavy atom. The van der Waals surface area contributed by atoms with Crippen molar-refractivity contribution in [2.45, 2.75) is 78.2 Å². The summed E-state index contributed by atoms with van der Waals surface area (Å²) in [4.78, 5) is 32.2. The first-order valence-corrected chi connectivity index (χ1v) is 16.3. The maximum Gasteiger partial charge on any atom is 0.410 e. The number of nitrogens with one attached hydrogen (secondary N) is 1. The quantitative estimate of drug-likeness (QED) is 0.244. The maximum absolute atomic E-state index is 12.4. The van der Waals surface area contributed by atoms with Gasteiger partial charge in [-0.1, -0.05) is 25.5 Å². The molecule has 0 unspecified atom stereocenters. The van der Waals surface area contributed by atoms with Gasteiger partial charge >= 0.3 is 6.09 Å². The molecule has 1 saturated heterocycles. The van der Waals surface area contributed by atoms with Gasteiger partial charge in [0.2, 0.25) is 0 Å². The number of anilines is 2. The van der Waals surface area contributed by atoms with Gasteiger partial charge in [-0.3, -0.25) is 0 Å². The standard InChI is InChI=1S/C33H42N6O2S/c1-5-6-10-26-24-8-7-9-25(24)27-28-29(42-31(27)37-26)30(36-21-35-28)34-16-15-22-11-13-23(14-12-22)38-17-19-39(20-18-38)32(40)41-33(2,3)4/h11-14,21H,5-10,15-20H2,1-4H3,(H,34,35,36). The molecule has 222 valence electrons. The molecule has 1 aliphatic carbocycles. The van der Waals surface area contributed by atoms with Gasteiger partial charge < -0.3 is 19.9 Å². The lowest BCUT2D eigenvalue weighted by molar-refractivity contribution is 0.0240. The number of thiophene rings is 1. The molecule has 0 atom stereocenters. The number of rotatable bonds is 8. The monoisotopic (exact) mass is 586 g/mol. The van der Waals surface area contributed by atoms with Crippen LogP contribution in [0.15, 0.2) is 30.6 Å². The van der Waals surface area contributed by atoms with Gasteiger partial charge in [0.05, 0.1) is 10.2 Å². The summed E-state index contributed by atoms with van der Waals surface area (Å²) in [7, 11) is 0. The number of hydrogen-bond acceptors (Lipinski definition) is 8. The molecule has 1 N–H and O–H groups in total. The van der Waals surface area contributed by atoms with E-state index in [2.05, 4.69) is 46.4 Å². The highest BCUT2D eigenvalue weighted by atomic mass is 32.1. The van der Waals surface area contributed by atoms with E-state index in [4.69, 9.17) is 14.7 Å². The zero-order chi connectivity index (χ0) is 29.3. The first-order chi connectivity index (χ1) is 20.3. The molecule has 1 aliphatic heterocycles. The highest BCUT2D eigenvalue weighted by Crippen LogP contribution is 2.41. The number of unbranched alkanes of at least 4 members (excludes halogenated alkanes) is 1. The number of nitrogens with zero attached hydrogens (tertiary/aromatic N) is 5. The Labute approximate surface area is 252 Å². The number of fused-ring (bicyclic) bond motifs is 5. The highest BCUT2D eigenvalue weighted by molar-refractivity contribution is 7.26.